The molecule has 2 aromatic heterocycles. The van der Waals surface area contributed by atoms with Crippen LogP contribution >= 0.6 is 0 Å². The van der Waals surface area contributed by atoms with Gasteiger partial charge in [-0.05, 0) is 50.2 Å². The topological polar surface area (TPSA) is 98.5 Å². The largest absolute Gasteiger partial charge is 0.456 e. The zero-order valence-corrected chi connectivity index (χ0v) is 17.2. The normalized spacial score (nSPS) is 14.5. The van der Waals surface area contributed by atoms with Gasteiger partial charge in [-0.25, -0.2) is 9.50 Å². The molecule has 1 atom stereocenters. The number of aromatic nitrogens is 4. The van der Waals surface area contributed by atoms with Crippen LogP contribution in [0.3, 0.4) is 0 Å². The van der Waals surface area contributed by atoms with Gasteiger partial charge in [0.25, 0.3) is 11.7 Å². The van der Waals surface area contributed by atoms with Gasteiger partial charge < -0.3 is 10.1 Å². The number of nitrogens with zero attached hydrogens (tertiary/aromatic N) is 4. The first kappa shape index (κ1) is 20.0. The molecule has 156 valence electrons. The number of nitrogens with one attached hydrogen (secondary N) is 1. The maximum atomic E-state index is 12.3. The van der Waals surface area contributed by atoms with Gasteiger partial charge in [0.1, 0.15) is 6.33 Å². The second-order valence-corrected chi connectivity index (χ2v) is 7.69. The van der Waals surface area contributed by atoms with Crippen LogP contribution in [0.5, 0.6) is 0 Å². The second-order valence-electron chi connectivity index (χ2n) is 7.69. The van der Waals surface area contributed by atoms with Crippen molar-refractivity contribution in [1.82, 2.24) is 24.9 Å². The Morgan fingerprint density at radius 3 is 2.73 bits per heavy atom. The molecule has 0 spiro atoms. The smallest absolute Gasteiger partial charge is 0.306 e. The number of hydrogen-bond donors (Lipinski definition) is 1. The fraction of sp³-hybridized carbons (Fsp3) is 0.409. The van der Waals surface area contributed by atoms with E-state index in [4.69, 9.17) is 4.74 Å². The van der Waals surface area contributed by atoms with E-state index in [9.17, 15) is 9.59 Å². The van der Waals surface area contributed by atoms with Gasteiger partial charge in [-0.3, -0.25) is 9.59 Å². The second kappa shape index (κ2) is 8.61. The molecule has 1 aromatic carbocycles. The fourth-order valence-electron chi connectivity index (χ4n) is 3.74. The molecule has 2 heterocycles. The van der Waals surface area contributed by atoms with E-state index >= 15 is 0 Å². The maximum Gasteiger partial charge on any atom is 0.306 e. The first-order chi connectivity index (χ1) is 14.5. The lowest BCUT2D eigenvalue weighted by atomic mass is 10.0. The lowest BCUT2D eigenvalue weighted by molar-refractivity contribution is -0.148. The molecule has 1 amide bonds. The highest BCUT2D eigenvalue weighted by atomic mass is 16.5. The van der Waals surface area contributed by atoms with Gasteiger partial charge in [0, 0.05) is 17.8 Å². The first-order valence-corrected chi connectivity index (χ1v) is 10.2. The van der Waals surface area contributed by atoms with Crippen LogP contribution in [0.2, 0.25) is 0 Å². The third-order valence-electron chi connectivity index (χ3n) is 5.50. The van der Waals surface area contributed by atoms with E-state index in [1.165, 1.54) is 6.33 Å². The van der Waals surface area contributed by atoms with Crippen molar-refractivity contribution in [2.75, 3.05) is 6.61 Å². The number of esters is 1. The van der Waals surface area contributed by atoms with Crippen LogP contribution in [0.1, 0.15) is 47.8 Å². The van der Waals surface area contributed by atoms with E-state index in [1.54, 1.807) is 4.52 Å². The monoisotopic (exact) mass is 407 g/mol. The van der Waals surface area contributed by atoms with Gasteiger partial charge in [0.05, 0.1) is 6.04 Å². The summed E-state index contributed by atoms with van der Waals surface area (Å²) in [5, 5.41) is 7.17. The summed E-state index contributed by atoms with van der Waals surface area (Å²) in [6.45, 7) is 3.54. The molecule has 30 heavy (non-hydrogen) atoms. The third kappa shape index (κ3) is 4.48. The van der Waals surface area contributed by atoms with E-state index in [2.05, 4.69) is 20.4 Å². The van der Waals surface area contributed by atoms with Gasteiger partial charge in [-0.2, -0.15) is 10.1 Å². The number of amides is 1. The molecule has 8 nitrogen and oxygen atoms in total. The minimum atomic E-state index is -0.412. The van der Waals surface area contributed by atoms with Crippen molar-refractivity contribution in [3.63, 3.8) is 0 Å². The van der Waals surface area contributed by atoms with Gasteiger partial charge in [-0.1, -0.05) is 30.3 Å². The number of carbonyl (C=O) groups is 2. The number of hydrogen-bond acceptors (Lipinski definition) is 6. The standard InChI is InChI=1S/C22H25N5O3/c1-14-18(15(2)27-22(25-14)23-13-24-27)10-11-20(29)30-12-19(28)26-21(17-8-9-17)16-6-4-3-5-7-16/h3-7,13,17,21H,8-12H2,1-2H3,(H,26,28). The van der Waals surface area contributed by atoms with E-state index in [1.807, 2.05) is 44.2 Å². The number of fused-ring (bicyclic) bond motifs is 1. The highest BCUT2D eigenvalue weighted by Gasteiger charge is 2.33. The van der Waals surface area contributed by atoms with Crippen molar-refractivity contribution < 1.29 is 14.3 Å². The van der Waals surface area contributed by atoms with Crippen LogP contribution in [-0.4, -0.2) is 38.1 Å². The Morgan fingerprint density at radius 2 is 2.00 bits per heavy atom. The molecular formula is C22H25N5O3. The SMILES string of the molecule is Cc1nc2ncnn2c(C)c1CCC(=O)OCC(=O)NC(c1ccccc1)C1CC1. The molecule has 1 aliphatic carbocycles. The van der Waals surface area contributed by atoms with Crippen LogP contribution < -0.4 is 5.32 Å². The van der Waals surface area contributed by atoms with Crippen molar-refractivity contribution in [1.29, 1.82) is 0 Å². The summed E-state index contributed by atoms with van der Waals surface area (Å²) >= 11 is 0. The average molecular weight is 407 g/mol. The van der Waals surface area contributed by atoms with Gasteiger partial charge in [0.2, 0.25) is 0 Å². The Hall–Kier alpha value is -3.29. The highest BCUT2D eigenvalue weighted by Crippen LogP contribution is 2.40. The molecule has 1 fully saturated rings. The van der Waals surface area contributed by atoms with E-state index in [0.29, 0.717) is 18.1 Å². The van der Waals surface area contributed by atoms with E-state index < -0.39 is 5.97 Å². The predicted octanol–water partition coefficient (Wildman–Crippen LogP) is 2.48. The molecule has 0 bridgehead atoms. The van der Waals surface area contributed by atoms with Crippen molar-refractivity contribution in [3.8, 4) is 0 Å². The molecule has 0 saturated heterocycles. The number of benzene rings is 1. The van der Waals surface area contributed by atoms with Gasteiger partial charge in [0.15, 0.2) is 6.61 Å². The van der Waals surface area contributed by atoms with Gasteiger partial charge in [-0.15, -0.1) is 0 Å². The Bertz CT molecular complexity index is 1060. The maximum absolute atomic E-state index is 12.3. The van der Waals surface area contributed by atoms with Crippen LogP contribution in [0, 0.1) is 19.8 Å². The molecule has 3 aromatic rings. The summed E-state index contributed by atoms with van der Waals surface area (Å²) in [7, 11) is 0. The van der Waals surface area contributed by atoms with Crippen LogP contribution in [0.25, 0.3) is 5.78 Å². The highest BCUT2D eigenvalue weighted by molar-refractivity contribution is 5.81. The summed E-state index contributed by atoms with van der Waals surface area (Å²) in [4.78, 5) is 33.0. The van der Waals surface area contributed by atoms with E-state index in [0.717, 1.165) is 35.4 Å². The quantitative estimate of drug-likeness (QED) is 0.576. The van der Waals surface area contributed by atoms with Crippen LogP contribution in [0.15, 0.2) is 36.7 Å². The van der Waals surface area contributed by atoms with Crippen molar-refractivity contribution in [2.45, 2.75) is 45.6 Å². The number of carbonyl (C=O) groups excluding carboxylic acids is 2. The lowest BCUT2D eigenvalue weighted by Crippen LogP contribution is -2.33. The number of aryl methyl sites for hydroxylation is 2. The van der Waals surface area contributed by atoms with Crippen molar-refractivity contribution >= 4 is 17.7 Å². The minimum absolute atomic E-state index is 0.0248. The average Bonchev–Trinajstić information content (AvgIpc) is 3.48. The molecule has 8 heteroatoms. The lowest BCUT2D eigenvalue weighted by Gasteiger charge is -2.18. The molecule has 1 N–H and O–H groups in total. The number of rotatable bonds is 8. The molecular weight excluding hydrogens is 382 g/mol. The van der Waals surface area contributed by atoms with Crippen molar-refractivity contribution in [2.24, 2.45) is 5.92 Å². The Kier molecular flexibility index (Phi) is 5.74. The molecule has 1 unspecified atom stereocenters. The molecule has 4 rings (SSSR count). The molecule has 1 saturated carbocycles. The Balaban J connectivity index is 1.29. The molecule has 0 aliphatic heterocycles. The summed E-state index contributed by atoms with van der Waals surface area (Å²) < 4.78 is 6.86. The summed E-state index contributed by atoms with van der Waals surface area (Å²) in [5.41, 5.74) is 3.73. The minimum Gasteiger partial charge on any atom is -0.456 e. The molecule has 0 radical (unpaired) electrons. The zero-order valence-electron chi connectivity index (χ0n) is 17.2. The molecule has 1 aliphatic rings. The van der Waals surface area contributed by atoms with Crippen molar-refractivity contribution in [3.05, 3.63) is 59.2 Å². The zero-order chi connectivity index (χ0) is 21.1. The fourth-order valence-corrected chi connectivity index (χ4v) is 3.74. The van der Waals surface area contributed by atoms with Crippen LogP contribution in [-0.2, 0) is 20.7 Å². The first-order valence-electron chi connectivity index (χ1n) is 10.2. The summed E-state index contributed by atoms with van der Waals surface area (Å²) in [5.74, 6) is 0.307. The Morgan fingerprint density at radius 1 is 1.23 bits per heavy atom. The Labute approximate surface area is 174 Å². The van der Waals surface area contributed by atoms with Gasteiger partial charge >= 0.3 is 5.97 Å². The number of ether oxygens (including phenoxy) is 1. The third-order valence-corrected chi connectivity index (χ3v) is 5.50. The summed E-state index contributed by atoms with van der Waals surface area (Å²) in [6.07, 6.45) is 4.29. The van der Waals surface area contributed by atoms with E-state index in [-0.39, 0.29) is 25.0 Å². The summed E-state index contributed by atoms with van der Waals surface area (Å²) in [6, 6.07) is 9.89. The van der Waals surface area contributed by atoms with Crippen LogP contribution in [0.4, 0.5) is 0 Å². The predicted molar refractivity (Wildman–Crippen MR) is 110 cm³/mol.